The molecule has 0 aliphatic carbocycles. The van der Waals surface area contributed by atoms with Crippen LogP contribution in [0.5, 0.6) is 0 Å². The van der Waals surface area contributed by atoms with Gasteiger partial charge >= 0.3 is 111 Å². The summed E-state index contributed by atoms with van der Waals surface area (Å²) in [5, 5.41) is 0. The maximum atomic E-state index is 2.60. The Labute approximate surface area is 110 Å². The second kappa shape index (κ2) is 14.2. The van der Waals surface area contributed by atoms with Gasteiger partial charge in [-0.1, -0.05) is 0 Å². The second-order valence-electron chi connectivity index (χ2n) is 3.73. The Bertz CT molecular complexity index is 79.0. The first kappa shape index (κ1) is 15.2. The molecule has 0 radical (unpaired) electrons. The van der Waals surface area contributed by atoms with E-state index >= 15 is 0 Å². The molecule has 0 spiro atoms. The van der Waals surface area contributed by atoms with E-state index in [9.17, 15) is 0 Å². The fourth-order valence-corrected chi connectivity index (χ4v) is 79.7. The van der Waals surface area contributed by atoms with Gasteiger partial charge in [0.1, 0.15) is 0 Å². The van der Waals surface area contributed by atoms with Crippen LogP contribution in [0.4, 0.5) is 0 Å². The van der Waals surface area contributed by atoms with Gasteiger partial charge in [0, 0.05) is 0 Å². The van der Waals surface area contributed by atoms with Gasteiger partial charge in [-0.25, -0.2) is 0 Å². The Morgan fingerprint density at radius 1 is 0.769 bits per heavy atom. The van der Waals surface area contributed by atoms with Crippen molar-refractivity contribution >= 4 is 4.72 Å². The van der Waals surface area contributed by atoms with E-state index in [2.05, 4.69) is 18.6 Å². The van der Waals surface area contributed by atoms with Crippen LogP contribution in [0.15, 0.2) is 0 Å². The van der Waals surface area contributed by atoms with Gasteiger partial charge in [-0.2, -0.15) is 0 Å². The third kappa shape index (κ3) is 14.2. The van der Waals surface area contributed by atoms with E-state index in [1.807, 2.05) is 0 Å². The minimum absolute atomic E-state index is 0.301. The number of rotatable bonds is 10. The summed E-state index contributed by atoms with van der Waals surface area (Å²) in [5.41, 5.74) is 0. The Morgan fingerprint density at radius 3 is 1.62 bits per heavy atom. The molecule has 0 aromatic carbocycles. The van der Waals surface area contributed by atoms with Crippen LogP contribution in [0.2, 0.25) is 7.86 Å². The zero-order valence-electron chi connectivity index (χ0n) is 9.48. The number of hydrogen-bond donors (Lipinski definition) is 0. The Morgan fingerprint density at radius 2 is 1.23 bits per heavy atom. The molecule has 0 aromatic rings. The molecular formula is C10H22Hg2S. The predicted octanol–water partition coefficient (Wildman–Crippen LogP) is 4.93. The topological polar surface area (TPSA) is 0 Å². The van der Waals surface area contributed by atoms with E-state index in [0.29, 0.717) is 0 Å². The van der Waals surface area contributed by atoms with Gasteiger partial charge in [0.05, 0.1) is 0 Å². The van der Waals surface area contributed by atoms with E-state index in [-0.39, 0.29) is 46.1 Å². The number of unbranched alkanes of at least 4 members (excludes halogenated alkanes) is 4. The van der Waals surface area contributed by atoms with Crippen molar-refractivity contribution in [2.24, 2.45) is 0 Å². The second-order valence-corrected chi connectivity index (χ2v) is 66.5. The molecule has 0 bridgehead atoms. The molecule has 0 nitrogen and oxygen atoms in total. The fraction of sp³-hybridized carbons (Fsp3) is 1.00. The van der Waals surface area contributed by atoms with Crippen molar-refractivity contribution in [3.05, 3.63) is 0 Å². The van der Waals surface area contributed by atoms with E-state index < -0.39 is 0 Å². The molecule has 3 heteroatoms. The van der Waals surface area contributed by atoms with Crippen LogP contribution < -0.4 is 0 Å². The predicted molar refractivity (Wildman–Crippen MR) is 56.3 cm³/mol. The first-order valence-corrected chi connectivity index (χ1v) is 28.4. The van der Waals surface area contributed by atoms with Crippen LogP contribution in [0.3, 0.4) is 0 Å². The number of hydrogen-bond acceptors (Lipinski definition) is 1. The summed E-state index contributed by atoms with van der Waals surface area (Å²) in [4.78, 5) is 0. The maximum absolute atomic E-state index is 2.60. The van der Waals surface area contributed by atoms with Crippen molar-refractivity contribution in [3.63, 3.8) is 0 Å². The normalized spacial score (nSPS) is 9.38. The summed E-state index contributed by atoms with van der Waals surface area (Å²) in [6, 6.07) is 0. The van der Waals surface area contributed by atoms with E-state index in [4.69, 9.17) is 0 Å². The average molecular weight is 576 g/mol. The van der Waals surface area contributed by atoms with Crippen molar-refractivity contribution < 1.29 is 46.1 Å². The zero-order chi connectivity index (χ0) is 9.78. The SMILES string of the molecule is CCCC[CH2][Hg][S][Hg][CH2]CCCC. The van der Waals surface area contributed by atoms with Crippen molar-refractivity contribution in [2.75, 3.05) is 0 Å². The molecule has 0 aliphatic rings. The fourth-order valence-electron chi connectivity index (χ4n) is 1.36. The minimum atomic E-state index is -0.301. The van der Waals surface area contributed by atoms with Crippen LogP contribution in [0.25, 0.3) is 0 Å². The molecular weight excluding hydrogens is 553 g/mol. The first-order chi connectivity index (χ1) is 6.41. The quantitative estimate of drug-likeness (QED) is 0.263. The van der Waals surface area contributed by atoms with Gasteiger partial charge in [0.25, 0.3) is 0 Å². The molecule has 0 heterocycles. The summed E-state index contributed by atoms with van der Waals surface area (Å²) in [6.45, 7) is 4.63. The van der Waals surface area contributed by atoms with E-state index in [1.165, 1.54) is 25.7 Å². The standard InChI is InChI=1S/2C5H11.2Hg.S/c2*1-3-5-4-2;;;/h2*1,3-5H2,2H3;;;. The van der Waals surface area contributed by atoms with Crippen molar-refractivity contribution in [2.45, 2.75) is 60.2 Å². The Kier molecular flexibility index (Phi) is 16.6. The zero-order valence-corrected chi connectivity index (χ0v) is 21.3. The summed E-state index contributed by atoms with van der Waals surface area (Å²) in [5.74, 6) is 0. The molecule has 0 N–H and O–H groups in total. The molecule has 0 aromatic heterocycles. The van der Waals surface area contributed by atoms with Crippen molar-refractivity contribution in [1.82, 2.24) is 0 Å². The van der Waals surface area contributed by atoms with Gasteiger partial charge in [0.15, 0.2) is 0 Å². The van der Waals surface area contributed by atoms with Gasteiger partial charge in [-0.05, 0) is 0 Å². The summed E-state index contributed by atoms with van der Waals surface area (Å²) in [7, 11) is 0. The van der Waals surface area contributed by atoms with Crippen LogP contribution >= 0.6 is 4.72 Å². The molecule has 0 saturated heterocycles. The molecule has 0 unspecified atom stereocenters. The van der Waals surface area contributed by atoms with Crippen molar-refractivity contribution in [1.29, 1.82) is 0 Å². The molecule has 0 rings (SSSR count). The Hall–Kier alpha value is 2.22. The molecule has 0 saturated carbocycles. The van der Waals surface area contributed by atoms with Crippen LogP contribution in [0, 0.1) is 0 Å². The summed E-state index contributed by atoms with van der Waals surface area (Å²) < 4.78 is 6.03. The molecule has 0 aliphatic heterocycles. The van der Waals surface area contributed by atoms with Gasteiger partial charge < -0.3 is 0 Å². The van der Waals surface area contributed by atoms with Gasteiger partial charge in [0.2, 0.25) is 0 Å². The average Bonchev–Trinajstić information content (AvgIpc) is 2.16. The monoisotopic (exact) mass is 578 g/mol. The van der Waals surface area contributed by atoms with Crippen LogP contribution in [-0.2, 0) is 46.1 Å². The molecule has 72 valence electrons. The summed E-state index contributed by atoms with van der Waals surface area (Å²) in [6.07, 6.45) is 9.00. The van der Waals surface area contributed by atoms with Crippen LogP contribution in [-0.4, -0.2) is 0 Å². The first-order valence-electron chi connectivity index (χ1n) is 5.99. The van der Waals surface area contributed by atoms with E-state index in [1.54, 1.807) is 20.7 Å². The third-order valence-electron chi connectivity index (χ3n) is 2.28. The van der Waals surface area contributed by atoms with Crippen molar-refractivity contribution in [3.8, 4) is 0 Å². The third-order valence-corrected chi connectivity index (χ3v) is 79.9. The van der Waals surface area contributed by atoms with Gasteiger partial charge in [-0.15, -0.1) is 0 Å². The molecule has 0 fully saturated rings. The summed E-state index contributed by atoms with van der Waals surface area (Å²) >= 11 is -0.602. The van der Waals surface area contributed by atoms with E-state index in [0.717, 1.165) is 0 Å². The molecule has 0 atom stereocenters. The van der Waals surface area contributed by atoms with Crippen LogP contribution in [0.1, 0.15) is 52.4 Å². The van der Waals surface area contributed by atoms with Gasteiger partial charge in [-0.3, -0.25) is 0 Å². The Balaban J connectivity index is 2.76. The molecule has 13 heavy (non-hydrogen) atoms. The molecule has 0 amide bonds.